The van der Waals surface area contributed by atoms with E-state index >= 15 is 0 Å². The van der Waals surface area contributed by atoms with Crippen LogP contribution in [0.4, 0.5) is 0 Å². The van der Waals surface area contributed by atoms with E-state index in [-0.39, 0.29) is 24.0 Å². The van der Waals surface area contributed by atoms with Crippen molar-refractivity contribution in [3.63, 3.8) is 0 Å². The quantitative estimate of drug-likeness (QED) is 0.417. The van der Waals surface area contributed by atoms with Gasteiger partial charge in [0.2, 0.25) is 0 Å². The Hall–Kier alpha value is -0.300. The van der Waals surface area contributed by atoms with Crippen molar-refractivity contribution in [3.05, 3.63) is 22.4 Å². The maximum atomic E-state index is 5.87. The highest BCUT2D eigenvalue weighted by atomic mass is 127. The second-order valence-corrected chi connectivity index (χ2v) is 6.18. The Bertz CT molecular complexity index is 350. The molecule has 0 radical (unpaired) electrons. The highest BCUT2D eigenvalue weighted by Gasteiger charge is 2.03. The number of nitrogens with two attached hydrogens (primary N) is 1. The minimum atomic E-state index is 0. The van der Waals surface area contributed by atoms with E-state index < -0.39 is 0 Å². The number of hydrogen-bond acceptors (Lipinski definition) is 2. The average Bonchev–Trinajstić information content (AvgIpc) is 2.78. The molecule has 0 aromatic carbocycles. The molecule has 0 aliphatic rings. The van der Waals surface area contributed by atoms with E-state index in [1.165, 1.54) is 17.7 Å². The molecule has 0 aliphatic carbocycles. The summed E-state index contributed by atoms with van der Waals surface area (Å²) in [7, 11) is 0. The molecular weight excluding hydrogens is 369 g/mol. The van der Waals surface area contributed by atoms with E-state index in [2.05, 4.69) is 42.5 Å². The van der Waals surface area contributed by atoms with Crippen molar-refractivity contribution in [1.82, 2.24) is 5.32 Å². The summed E-state index contributed by atoms with van der Waals surface area (Å²) in [6.45, 7) is 7.35. The fourth-order valence-corrected chi connectivity index (χ4v) is 2.40. The van der Waals surface area contributed by atoms with Gasteiger partial charge in [0.05, 0.1) is 6.54 Å². The monoisotopic (exact) mass is 395 g/mol. The molecule has 1 rings (SSSR count). The van der Waals surface area contributed by atoms with Gasteiger partial charge in [0.25, 0.3) is 0 Å². The number of guanidine groups is 1. The number of nitrogens with one attached hydrogen (secondary N) is 1. The van der Waals surface area contributed by atoms with E-state index in [1.807, 2.05) is 6.07 Å². The maximum Gasteiger partial charge on any atom is 0.189 e. The first kappa shape index (κ1) is 18.7. The first-order chi connectivity index (χ1) is 8.58. The standard InChI is InChI=1S/C14H25N3S.HI/c1-11(2)6-4-7-12(3)17-14(15)16-10-13-8-5-9-18-13;/h5,8-9,11-12H,4,6-7,10H2,1-3H3,(H3,15,16,17);1H. The van der Waals surface area contributed by atoms with Crippen LogP contribution in [-0.2, 0) is 6.54 Å². The molecule has 0 saturated carbocycles. The van der Waals surface area contributed by atoms with Crippen LogP contribution in [0, 0.1) is 5.92 Å². The lowest BCUT2D eigenvalue weighted by molar-refractivity contribution is 0.493. The molecule has 1 aromatic heterocycles. The van der Waals surface area contributed by atoms with Crippen molar-refractivity contribution in [1.29, 1.82) is 0 Å². The normalized spacial score (nSPS) is 13.2. The van der Waals surface area contributed by atoms with Gasteiger partial charge in [0.1, 0.15) is 0 Å². The van der Waals surface area contributed by atoms with Gasteiger partial charge in [-0.25, -0.2) is 4.99 Å². The van der Waals surface area contributed by atoms with E-state index in [9.17, 15) is 0 Å². The van der Waals surface area contributed by atoms with E-state index in [0.29, 0.717) is 18.5 Å². The summed E-state index contributed by atoms with van der Waals surface area (Å²) < 4.78 is 0. The average molecular weight is 395 g/mol. The Morgan fingerprint density at radius 1 is 1.37 bits per heavy atom. The lowest BCUT2D eigenvalue weighted by Crippen LogP contribution is -2.38. The van der Waals surface area contributed by atoms with E-state index in [0.717, 1.165) is 12.3 Å². The number of hydrogen-bond donors (Lipinski definition) is 2. The van der Waals surface area contributed by atoms with Crippen LogP contribution in [-0.4, -0.2) is 12.0 Å². The molecule has 19 heavy (non-hydrogen) atoms. The Morgan fingerprint density at radius 2 is 2.11 bits per heavy atom. The Labute approximate surface area is 138 Å². The molecule has 1 heterocycles. The number of nitrogens with zero attached hydrogens (tertiary/aromatic N) is 1. The Balaban J connectivity index is 0.00000324. The predicted octanol–water partition coefficient (Wildman–Crippen LogP) is 3.99. The zero-order valence-corrected chi connectivity index (χ0v) is 15.2. The highest BCUT2D eigenvalue weighted by Crippen LogP contribution is 2.10. The summed E-state index contributed by atoms with van der Waals surface area (Å²) >= 11 is 1.71. The third kappa shape index (κ3) is 9.27. The first-order valence-corrected chi connectivity index (χ1v) is 7.54. The summed E-state index contributed by atoms with van der Waals surface area (Å²) in [5, 5.41) is 5.31. The lowest BCUT2D eigenvalue weighted by Gasteiger charge is -2.14. The third-order valence-corrected chi connectivity index (χ3v) is 3.66. The summed E-state index contributed by atoms with van der Waals surface area (Å²) in [4.78, 5) is 5.59. The number of halogens is 1. The van der Waals surface area contributed by atoms with Crippen LogP contribution >= 0.6 is 35.3 Å². The number of aliphatic imine (C=N–C) groups is 1. The smallest absolute Gasteiger partial charge is 0.189 e. The van der Waals surface area contributed by atoms with Gasteiger partial charge in [-0.3, -0.25) is 0 Å². The largest absolute Gasteiger partial charge is 0.370 e. The van der Waals surface area contributed by atoms with Gasteiger partial charge in [0, 0.05) is 10.9 Å². The molecule has 5 heteroatoms. The minimum Gasteiger partial charge on any atom is -0.370 e. The fourth-order valence-electron chi connectivity index (χ4n) is 1.77. The van der Waals surface area contributed by atoms with Gasteiger partial charge < -0.3 is 11.1 Å². The predicted molar refractivity (Wildman–Crippen MR) is 96.3 cm³/mol. The molecular formula is C14H26IN3S. The number of rotatable bonds is 7. The molecule has 0 fully saturated rings. The molecule has 1 atom stereocenters. The molecule has 3 N–H and O–H groups in total. The maximum absolute atomic E-state index is 5.87. The minimum absolute atomic E-state index is 0. The van der Waals surface area contributed by atoms with Crippen LogP contribution < -0.4 is 11.1 Å². The second-order valence-electron chi connectivity index (χ2n) is 5.15. The molecule has 0 saturated heterocycles. The van der Waals surface area contributed by atoms with Gasteiger partial charge in [-0.15, -0.1) is 35.3 Å². The summed E-state index contributed by atoms with van der Waals surface area (Å²) in [6.07, 6.45) is 3.66. The summed E-state index contributed by atoms with van der Waals surface area (Å²) in [5.74, 6) is 1.34. The van der Waals surface area contributed by atoms with Crippen molar-refractivity contribution in [3.8, 4) is 0 Å². The second kappa shape index (κ2) is 10.5. The molecule has 3 nitrogen and oxygen atoms in total. The van der Waals surface area contributed by atoms with Crippen LogP contribution in [0.3, 0.4) is 0 Å². The van der Waals surface area contributed by atoms with Crippen molar-refractivity contribution < 1.29 is 0 Å². The van der Waals surface area contributed by atoms with Crippen molar-refractivity contribution in [2.75, 3.05) is 0 Å². The summed E-state index contributed by atoms with van der Waals surface area (Å²) in [5.41, 5.74) is 5.87. The Kier molecular flexibility index (Phi) is 10.3. The topological polar surface area (TPSA) is 50.4 Å². The molecule has 1 aromatic rings. The molecule has 0 spiro atoms. The molecule has 0 amide bonds. The number of thiophene rings is 1. The fraction of sp³-hybridized carbons (Fsp3) is 0.643. The van der Waals surface area contributed by atoms with Crippen molar-refractivity contribution in [2.45, 2.75) is 52.6 Å². The van der Waals surface area contributed by atoms with Gasteiger partial charge >= 0.3 is 0 Å². The van der Waals surface area contributed by atoms with Crippen LogP contribution in [0.1, 0.15) is 44.9 Å². The SMILES string of the molecule is CC(C)CCCC(C)NC(N)=NCc1cccs1.I. The van der Waals surface area contributed by atoms with Crippen LogP contribution in [0.25, 0.3) is 0 Å². The summed E-state index contributed by atoms with van der Waals surface area (Å²) in [6, 6.07) is 4.51. The zero-order chi connectivity index (χ0) is 13.4. The molecule has 0 bridgehead atoms. The zero-order valence-electron chi connectivity index (χ0n) is 12.1. The Morgan fingerprint density at radius 3 is 2.68 bits per heavy atom. The van der Waals surface area contributed by atoms with Gasteiger partial charge in [-0.05, 0) is 30.7 Å². The molecule has 110 valence electrons. The third-order valence-electron chi connectivity index (χ3n) is 2.80. The first-order valence-electron chi connectivity index (χ1n) is 6.66. The lowest BCUT2D eigenvalue weighted by atomic mass is 10.0. The van der Waals surface area contributed by atoms with E-state index in [1.54, 1.807) is 11.3 Å². The van der Waals surface area contributed by atoms with Crippen LogP contribution in [0.2, 0.25) is 0 Å². The van der Waals surface area contributed by atoms with Crippen LogP contribution in [0.5, 0.6) is 0 Å². The van der Waals surface area contributed by atoms with Gasteiger partial charge in [0.15, 0.2) is 5.96 Å². The van der Waals surface area contributed by atoms with Gasteiger partial charge in [-0.2, -0.15) is 0 Å². The van der Waals surface area contributed by atoms with E-state index in [4.69, 9.17) is 5.73 Å². The van der Waals surface area contributed by atoms with Crippen molar-refractivity contribution in [2.24, 2.45) is 16.6 Å². The van der Waals surface area contributed by atoms with Crippen LogP contribution in [0.15, 0.2) is 22.5 Å². The van der Waals surface area contributed by atoms with Crippen molar-refractivity contribution >= 4 is 41.3 Å². The highest BCUT2D eigenvalue weighted by molar-refractivity contribution is 14.0. The molecule has 0 aliphatic heterocycles. The molecule has 1 unspecified atom stereocenters. The van der Waals surface area contributed by atoms with Gasteiger partial charge in [-0.1, -0.05) is 32.8 Å².